The fourth-order valence-corrected chi connectivity index (χ4v) is 1.33. The maximum Gasteiger partial charge on any atom is 0.251 e. The van der Waals surface area contributed by atoms with Gasteiger partial charge in [-0.15, -0.1) is 0 Å². The van der Waals surface area contributed by atoms with Gasteiger partial charge in [-0.1, -0.05) is 26.2 Å². The Morgan fingerprint density at radius 2 is 1.88 bits per heavy atom. The molecule has 0 saturated carbocycles. The lowest BCUT2D eigenvalue weighted by molar-refractivity contribution is 0.466. The van der Waals surface area contributed by atoms with Gasteiger partial charge < -0.3 is 5.32 Å². The first-order valence-corrected chi connectivity index (χ1v) is 5.40. The average molecular weight is 232 g/mol. The minimum absolute atomic E-state index is 0.226. The Labute approximate surface area is 92.9 Å². The minimum atomic E-state index is -1.28. The standard InChI is InChI=1S/C11H15F3N2/c1-2-3-4-5-6-15-11-9(13)7-8(12)10(14)16-11/h7H,2-6H2,1H3,(H,15,16). The van der Waals surface area contributed by atoms with Crippen molar-refractivity contribution in [1.82, 2.24) is 4.98 Å². The monoisotopic (exact) mass is 232 g/mol. The Bertz CT molecular complexity index is 342. The van der Waals surface area contributed by atoms with Crippen LogP contribution in [0.15, 0.2) is 6.07 Å². The number of nitrogens with zero attached hydrogens (tertiary/aromatic N) is 1. The molecule has 1 aromatic heterocycles. The van der Waals surface area contributed by atoms with Gasteiger partial charge >= 0.3 is 0 Å². The number of nitrogens with one attached hydrogen (secondary N) is 1. The molecule has 1 N–H and O–H groups in total. The zero-order chi connectivity index (χ0) is 12.0. The van der Waals surface area contributed by atoms with E-state index in [4.69, 9.17) is 0 Å². The van der Waals surface area contributed by atoms with Crippen molar-refractivity contribution in [2.45, 2.75) is 32.6 Å². The molecule has 0 radical (unpaired) electrons. The van der Waals surface area contributed by atoms with Crippen LogP contribution in [0.3, 0.4) is 0 Å². The van der Waals surface area contributed by atoms with Crippen LogP contribution in [0, 0.1) is 17.6 Å². The summed E-state index contributed by atoms with van der Waals surface area (Å²) in [4.78, 5) is 3.16. The van der Waals surface area contributed by atoms with E-state index in [9.17, 15) is 13.2 Å². The van der Waals surface area contributed by atoms with E-state index in [0.29, 0.717) is 12.6 Å². The first kappa shape index (κ1) is 12.8. The molecular formula is C11H15F3N2. The molecule has 90 valence electrons. The summed E-state index contributed by atoms with van der Waals surface area (Å²) < 4.78 is 38.3. The molecule has 0 saturated heterocycles. The maximum atomic E-state index is 13.1. The lowest BCUT2D eigenvalue weighted by Gasteiger charge is -2.06. The highest BCUT2D eigenvalue weighted by molar-refractivity contribution is 5.35. The Kier molecular flexibility index (Phi) is 5.08. The molecule has 0 amide bonds. The highest BCUT2D eigenvalue weighted by Crippen LogP contribution is 2.14. The molecule has 1 heterocycles. The van der Waals surface area contributed by atoms with E-state index >= 15 is 0 Å². The quantitative estimate of drug-likeness (QED) is 0.600. The Balaban J connectivity index is 2.45. The van der Waals surface area contributed by atoms with Gasteiger partial charge in [0, 0.05) is 12.6 Å². The van der Waals surface area contributed by atoms with E-state index in [2.05, 4.69) is 17.2 Å². The van der Waals surface area contributed by atoms with Crippen LogP contribution in [0.2, 0.25) is 0 Å². The number of anilines is 1. The van der Waals surface area contributed by atoms with Crippen LogP contribution >= 0.6 is 0 Å². The third kappa shape index (κ3) is 3.72. The highest BCUT2D eigenvalue weighted by Gasteiger charge is 2.10. The van der Waals surface area contributed by atoms with Gasteiger partial charge in [0.1, 0.15) is 0 Å². The molecule has 0 fully saturated rings. The Morgan fingerprint density at radius 1 is 1.12 bits per heavy atom. The number of unbranched alkanes of at least 4 members (excludes halogenated alkanes) is 3. The van der Waals surface area contributed by atoms with Crippen molar-refractivity contribution >= 4 is 5.82 Å². The second-order valence-corrected chi connectivity index (χ2v) is 3.58. The second kappa shape index (κ2) is 6.35. The lowest BCUT2D eigenvalue weighted by atomic mass is 10.2. The fraction of sp³-hybridized carbons (Fsp3) is 0.545. The molecule has 5 heteroatoms. The van der Waals surface area contributed by atoms with E-state index in [0.717, 1.165) is 25.7 Å². The molecule has 1 rings (SSSR count). The summed E-state index contributed by atoms with van der Waals surface area (Å²) in [6, 6.07) is 0.497. The molecule has 0 spiro atoms. The number of pyridine rings is 1. The van der Waals surface area contributed by atoms with Crippen molar-refractivity contribution in [2.24, 2.45) is 0 Å². The summed E-state index contributed by atoms with van der Waals surface area (Å²) >= 11 is 0. The molecular weight excluding hydrogens is 217 g/mol. The first-order valence-electron chi connectivity index (χ1n) is 5.40. The Morgan fingerprint density at radius 3 is 2.56 bits per heavy atom. The first-order chi connectivity index (χ1) is 7.65. The third-order valence-electron chi connectivity index (χ3n) is 2.21. The largest absolute Gasteiger partial charge is 0.368 e. The van der Waals surface area contributed by atoms with Gasteiger partial charge in [0.2, 0.25) is 0 Å². The summed E-state index contributed by atoms with van der Waals surface area (Å²) in [5.74, 6) is -3.64. The summed E-state index contributed by atoms with van der Waals surface area (Å²) in [5, 5.41) is 2.65. The summed E-state index contributed by atoms with van der Waals surface area (Å²) in [5.41, 5.74) is 0. The summed E-state index contributed by atoms with van der Waals surface area (Å²) in [7, 11) is 0. The summed E-state index contributed by atoms with van der Waals surface area (Å²) in [6.07, 6.45) is 4.09. The number of aromatic nitrogens is 1. The molecule has 1 aromatic rings. The van der Waals surface area contributed by atoms with Crippen molar-refractivity contribution in [1.29, 1.82) is 0 Å². The smallest absolute Gasteiger partial charge is 0.251 e. The van der Waals surface area contributed by atoms with E-state index < -0.39 is 17.6 Å². The maximum absolute atomic E-state index is 13.1. The predicted molar refractivity (Wildman–Crippen MR) is 56.7 cm³/mol. The van der Waals surface area contributed by atoms with E-state index in [1.54, 1.807) is 0 Å². The number of halogens is 3. The predicted octanol–water partition coefficient (Wildman–Crippen LogP) is 3.49. The second-order valence-electron chi connectivity index (χ2n) is 3.58. The van der Waals surface area contributed by atoms with Crippen molar-refractivity contribution in [2.75, 3.05) is 11.9 Å². The van der Waals surface area contributed by atoms with Crippen molar-refractivity contribution in [3.8, 4) is 0 Å². The van der Waals surface area contributed by atoms with Gasteiger partial charge in [0.15, 0.2) is 17.5 Å². The van der Waals surface area contributed by atoms with Gasteiger partial charge in [-0.25, -0.2) is 8.78 Å². The molecule has 2 nitrogen and oxygen atoms in total. The van der Waals surface area contributed by atoms with Crippen LogP contribution in [0.1, 0.15) is 32.6 Å². The topological polar surface area (TPSA) is 24.9 Å². The van der Waals surface area contributed by atoms with Crippen LogP contribution in [-0.2, 0) is 0 Å². The molecule has 0 unspecified atom stereocenters. The van der Waals surface area contributed by atoms with Crippen molar-refractivity contribution in [3.05, 3.63) is 23.6 Å². The van der Waals surface area contributed by atoms with Crippen LogP contribution < -0.4 is 5.32 Å². The van der Waals surface area contributed by atoms with Gasteiger partial charge in [-0.05, 0) is 6.42 Å². The zero-order valence-corrected chi connectivity index (χ0v) is 9.19. The number of hydrogen-bond donors (Lipinski definition) is 1. The van der Waals surface area contributed by atoms with E-state index in [1.165, 1.54) is 0 Å². The van der Waals surface area contributed by atoms with Crippen LogP contribution in [0.4, 0.5) is 19.0 Å². The van der Waals surface area contributed by atoms with E-state index in [1.807, 2.05) is 0 Å². The normalized spacial score (nSPS) is 10.5. The Hall–Kier alpha value is -1.26. The third-order valence-corrected chi connectivity index (χ3v) is 2.21. The van der Waals surface area contributed by atoms with Gasteiger partial charge in [-0.2, -0.15) is 9.37 Å². The van der Waals surface area contributed by atoms with Crippen LogP contribution in [0.5, 0.6) is 0 Å². The highest BCUT2D eigenvalue weighted by atomic mass is 19.2. The van der Waals surface area contributed by atoms with Gasteiger partial charge in [0.05, 0.1) is 0 Å². The minimum Gasteiger partial charge on any atom is -0.368 e. The van der Waals surface area contributed by atoms with Gasteiger partial charge in [0.25, 0.3) is 5.95 Å². The van der Waals surface area contributed by atoms with E-state index in [-0.39, 0.29) is 5.82 Å². The van der Waals surface area contributed by atoms with Crippen LogP contribution in [0.25, 0.3) is 0 Å². The van der Waals surface area contributed by atoms with Gasteiger partial charge in [-0.3, -0.25) is 0 Å². The summed E-state index contributed by atoms with van der Waals surface area (Å²) in [6.45, 7) is 2.60. The lowest BCUT2D eigenvalue weighted by Crippen LogP contribution is -2.07. The number of rotatable bonds is 6. The molecule has 0 aliphatic heterocycles. The zero-order valence-electron chi connectivity index (χ0n) is 9.19. The fourth-order valence-electron chi connectivity index (χ4n) is 1.33. The van der Waals surface area contributed by atoms with Crippen molar-refractivity contribution in [3.63, 3.8) is 0 Å². The van der Waals surface area contributed by atoms with Crippen LogP contribution in [-0.4, -0.2) is 11.5 Å². The molecule has 16 heavy (non-hydrogen) atoms. The molecule has 0 atom stereocenters. The molecule has 0 bridgehead atoms. The SMILES string of the molecule is CCCCCCNc1nc(F)c(F)cc1F. The average Bonchev–Trinajstić information content (AvgIpc) is 2.25. The number of hydrogen-bond acceptors (Lipinski definition) is 2. The molecule has 0 aliphatic rings. The molecule has 0 aromatic carbocycles. The van der Waals surface area contributed by atoms with Crippen molar-refractivity contribution < 1.29 is 13.2 Å². The molecule has 0 aliphatic carbocycles.